The highest BCUT2D eigenvalue weighted by Crippen LogP contribution is 2.22. The van der Waals surface area contributed by atoms with Crippen LogP contribution >= 0.6 is 0 Å². The van der Waals surface area contributed by atoms with Gasteiger partial charge >= 0.3 is 0 Å². The van der Waals surface area contributed by atoms with E-state index in [4.69, 9.17) is 0 Å². The molecule has 0 bridgehead atoms. The molecule has 0 spiro atoms. The molecular weight excluding hydrogens is 252 g/mol. The molecule has 0 saturated heterocycles. The Kier molecular flexibility index (Phi) is 4.93. The van der Waals surface area contributed by atoms with Gasteiger partial charge in [0, 0.05) is 19.7 Å². The van der Waals surface area contributed by atoms with E-state index < -0.39 is 6.04 Å². The van der Waals surface area contributed by atoms with E-state index in [0.29, 0.717) is 5.56 Å². The lowest BCUT2D eigenvalue weighted by Gasteiger charge is -2.20. The first kappa shape index (κ1) is 16.2. The van der Waals surface area contributed by atoms with Crippen LogP contribution in [0.1, 0.15) is 43.6 Å². The van der Waals surface area contributed by atoms with Crippen molar-refractivity contribution in [2.45, 2.75) is 39.2 Å². The molecule has 20 heavy (non-hydrogen) atoms. The van der Waals surface area contributed by atoms with Gasteiger partial charge in [0.25, 0.3) is 5.91 Å². The van der Waals surface area contributed by atoms with Crippen molar-refractivity contribution in [3.63, 3.8) is 0 Å². The largest absolute Gasteiger partial charge is 0.347 e. The van der Waals surface area contributed by atoms with Gasteiger partial charge in [0.15, 0.2) is 0 Å². The van der Waals surface area contributed by atoms with Crippen LogP contribution in [0.5, 0.6) is 0 Å². The highest BCUT2D eigenvalue weighted by Gasteiger charge is 2.19. The molecule has 0 aromatic heterocycles. The minimum absolute atomic E-state index is 0.0587. The molecule has 1 N–H and O–H groups in total. The van der Waals surface area contributed by atoms with Gasteiger partial charge in [0.1, 0.15) is 6.04 Å². The summed E-state index contributed by atoms with van der Waals surface area (Å²) in [6.07, 6.45) is 0. The number of hydrogen-bond acceptors (Lipinski definition) is 2. The summed E-state index contributed by atoms with van der Waals surface area (Å²) in [4.78, 5) is 25.2. The number of benzene rings is 1. The highest BCUT2D eigenvalue weighted by molar-refractivity contribution is 5.97. The standard InChI is InChI=1S/C16H24N2O2/c1-11(15(20)18(5)6)17-14(19)12-7-9-13(10-8-12)16(2,3)4/h7-11H,1-6H3,(H,17,19)/t11-/m1/s1. The first-order valence-corrected chi connectivity index (χ1v) is 6.75. The van der Waals surface area contributed by atoms with Crippen molar-refractivity contribution in [3.05, 3.63) is 35.4 Å². The van der Waals surface area contributed by atoms with Gasteiger partial charge in [-0.25, -0.2) is 0 Å². The van der Waals surface area contributed by atoms with Gasteiger partial charge < -0.3 is 10.2 Å². The summed E-state index contributed by atoms with van der Waals surface area (Å²) >= 11 is 0. The molecule has 4 nitrogen and oxygen atoms in total. The van der Waals surface area contributed by atoms with Crippen molar-refractivity contribution in [3.8, 4) is 0 Å². The molecule has 4 heteroatoms. The molecule has 0 fully saturated rings. The fourth-order valence-electron chi connectivity index (χ4n) is 1.85. The average molecular weight is 276 g/mol. The Morgan fingerprint density at radius 2 is 1.60 bits per heavy atom. The SMILES string of the molecule is C[C@@H](NC(=O)c1ccc(C(C)(C)C)cc1)C(=O)N(C)C. The van der Waals surface area contributed by atoms with E-state index in [9.17, 15) is 9.59 Å². The minimum atomic E-state index is -0.528. The maximum Gasteiger partial charge on any atom is 0.251 e. The van der Waals surface area contributed by atoms with Crippen LogP contribution in [-0.4, -0.2) is 36.9 Å². The van der Waals surface area contributed by atoms with Crippen LogP contribution in [0.2, 0.25) is 0 Å². The number of nitrogens with one attached hydrogen (secondary N) is 1. The quantitative estimate of drug-likeness (QED) is 0.920. The molecule has 0 aliphatic rings. The lowest BCUT2D eigenvalue weighted by Crippen LogP contribution is -2.44. The van der Waals surface area contributed by atoms with Crippen molar-refractivity contribution >= 4 is 11.8 Å². The second kappa shape index (κ2) is 6.07. The third-order valence-corrected chi connectivity index (χ3v) is 3.17. The summed E-state index contributed by atoms with van der Waals surface area (Å²) < 4.78 is 0. The van der Waals surface area contributed by atoms with E-state index in [1.165, 1.54) is 10.5 Å². The Bertz CT molecular complexity index is 484. The molecule has 0 heterocycles. The Morgan fingerprint density at radius 3 is 2.00 bits per heavy atom. The molecule has 1 aromatic rings. The zero-order valence-electron chi connectivity index (χ0n) is 13.2. The van der Waals surface area contributed by atoms with E-state index in [2.05, 4.69) is 26.1 Å². The molecule has 1 rings (SSSR count). The number of likely N-dealkylation sites (N-methyl/N-ethyl adjacent to an activating group) is 1. The average Bonchev–Trinajstić information content (AvgIpc) is 2.36. The number of amides is 2. The molecule has 2 amide bonds. The molecule has 0 unspecified atom stereocenters. The summed E-state index contributed by atoms with van der Waals surface area (Å²) in [5, 5.41) is 2.71. The molecule has 1 aromatic carbocycles. The van der Waals surface area contributed by atoms with Gasteiger partial charge in [0.05, 0.1) is 0 Å². The van der Waals surface area contributed by atoms with E-state index in [1.807, 2.05) is 12.1 Å². The van der Waals surface area contributed by atoms with Gasteiger partial charge in [0.2, 0.25) is 5.91 Å². The van der Waals surface area contributed by atoms with Crippen molar-refractivity contribution in [1.29, 1.82) is 0 Å². The Morgan fingerprint density at radius 1 is 1.10 bits per heavy atom. The van der Waals surface area contributed by atoms with Crippen LogP contribution in [-0.2, 0) is 10.2 Å². The Balaban J connectivity index is 2.76. The van der Waals surface area contributed by atoms with Crippen LogP contribution in [0.4, 0.5) is 0 Å². The lowest BCUT2D eigenvalue weighted by atomic mass is 9.86. The molecule has 1 atom stereocenters. The van der Waals surface area contributed by atoms with Gasteiger partial charge in [-0.1, -0.05) is 32.9 Å². The van der Waals surface area contributed by atoms with Gasteiger partial charge in [-0.3, -0.25) is 9.59 Å². The summed E-state index contributed by atoms with van der Waals surface area (Å²) in [5.41, 5.74) is 1.80. The molecule has 0 saturated carbocycles. The summed E-state index contributed by atoms with van der Waals surface area (Å²) in [6.45, 7) is 8.06. The van der Waals surface area contributed by atoms with Gasteiger partial charge in [-0.2, -0.15) is 0 Å². The van der Waals surface area contributed by atoms with Crippen molar-refractivity contribution < 1.29 is 9.59 Å². The normalized spacial score (nSPS) is 12.7. The smallest absolute Gasteiger partial charge is 0.251 e. The maximum absolute atomic E-state index is 12.1. The minimum Gasteiger partial charge on any atom is -0.347 e. The topological polar surface area (TPSA) is 49.4 Å². The summed E-state index contributed by atoms with van der Waals surface area (Å²) in [6, 6.07) is 6.96. The molecule has 0 aliphatic carbocycles. The highest BCUT2D eigenvalue weighted by atomic mass is 16.2. The monoisotopic (exact) mass is 276 g/mol. The van der Waals surface area contributed by atoms with Crippen LogP contribution in [0.25, 0.3) is 0 Å². The number of hydrogen-bond donors (Lipinski definition) is 1. The fraction of sp³-hybridized carbons (Fsp3) is 0.500. The van der Waals surface area contributed by atoms with Crippen molar-refractivity contribution in [2.24, 2.45) is 0 Å². The lowest BCUT2D eigenvalue weighted by molar-refractivity contribution is -0.130. The van der Waals surface area contributed by atoms with E-state index in [1.54, 1.807) is 33.2 Å². The van der Waals surface area contributed by atoms with Gasteiger partial charge in [-0.15, -0.1) is 0 Å². The zero-order valence-corrected chi connectivity index (χ0v) is 13.2. The second-order valence-electron chi connectivity index (χ2n) is 6.26. The predicted molar refractivity (Wildman–Crippen MR) is 80.8 cm³/mol. The van der Waals surface area contributed by atoms with Crippen LogP contribution in [0.15, 0.2) is 24.3 Å². The summed E-state index contributed by atoms with van der Waals surface area (Å²) in [7, 11) is 3.34. The fourth-order valence-corrected chi connectivity index (χ4v) is 1.85. The molecule has 110 valence electrons. The Hall–Kier alpha value is -1.84. The number of rotatable bonds is 3. The molecule has 0 radical (unpaired) electrons. The van der Waals surface area contributed by atoms with Crippen LogP contribution in [0.3, 0.4) is 0 Å². The number of carbonyl (C=O) groups is 2. The zero-order chi connectivity index (χ0) is 15.5. The van der Waals surface area contributed by atoms with Crippen molar-refractivity contribution in [1.82, 2.24) is 10.2 Å². The van der Waals surface area contributed by atoms with E-state index >= 15 is 0 Å². The van der Waals surface area contributed by atoms with Crippen molar-refractivity contribution in [2.75, 3.05) is 14.1 Å². The second-order valence-corrected chi connectivity index (χ2v) is 6.26. The Labute approximate surface area is 121 Å². The van der Waals surface area contributed by atoms with Gasteiger partial charge in [-0.05, 0) is 30.0 Å². The molecule has 0 aliphatic heterocycles. The first-order valence-electron chi connectivity index (χ1n) is 6.75. The third-order valence-electron chi connectivity index (χ3n) is 3.17. The third kappa shape index (κ3) is 4.08. The van der Waals surface area contributed by atoms with Crippen LogP contribution in [0, 0.1) is 0 Å². The molecular formula is C16H24N2O2. The van der Waals surface area contributed by atoms with E-state index in [0.717, 1.165) is 0 Å². The first-order chi connectivity index (χ1) is 9.12. The van der Waals surface area contributed by atoms with Crippen LogP contribution < -0.4 is 5.32 Å². The maximum atomic E-state index is 12.1. The number of nitrogens with zero attached hydrogens (tertiary/aromatic N) is 1. The summed E-state index contributed by atoms with van der Waals surface area (Å²) in [5.74, 6) is -0.349. The van der Waals surface area contributed by atoms with E-state index in [-0.39, 0.29) is 17.2 Å². The predicted octanol–water partition coefficient (Wildman–Crippen LogP) is 2.19. The number of carbonyl (C=O) groups excluding carboxylic acids is 2.